The second-order valence-corrected chi connectivity index (χ2v) is 5.87. The van der Waals surface area contributed by atoms with Crippen LogP contribution in [0.2, 0.25) is 5.02 Å². The van der Waals surface area contributed by atoms with E-state index in [0.717, 1.165) is 6.07 Å². The van der Waals surface area contributed by atoms with Crippen molar-refractivity contribution < 1.29 is 9.72 Å². The number of carbonyl (C=O) groups is 1. The Kier molecular flexibility index (Phi) is 4.59. The zero-order valence-corrected chi connectivity index (χ0v) is 14.3. The normalized spacial score (nSPS) is 10.5. The Morgan fingerprint density at radius 3 is 2.62 bits per heavy atom. The van der Waals surface area contributed by atoms with Crippen molar-refractivity contribution >= 4 is 28.9 Å². The van der Waals surface area contributed by atoms with Gasteiger partial charge in [-0.15, -0.1) is 0 Å². The van der Waals surface area contributed by atoms with Crippen molar-refractivity contribution in [2.24, 2.45) is 0 Å². The molecule has 0 saturated heterocycles. The van der Waals surface area contributed by atoms with Crippen LogP contribution in [0.25, 0.3) is 5.69 Å². The highest BCUT2D eigenvalue weighted by molar-refractivity contribution is 6.34. The molecule has 0 spiro atoms. The summed E-state index contributed by atoms with van der Waals surface area (Å²) in [6.07, 6.45) is 1.56. The number of benzene rings is 2. The maximum absolute atomic E-state index is 12.5. The lowest BCUT2D eigenvalue weighted by molar-refractivity contribution is -0.384. The largest absolute Gasteiger partial charge is 0.330 e. The first-order valence-corrected chi connectivity index (χ1v) is 7.88. The topological polar surface area (TPSA) is 110 Å². The van der Waals surface area contributed by atoms with E-state index < -0.39 is 10.8 Å². The molecule has 8 nitrogen and oxygen atoms in total. The summed E-state index contributed by atoms with van der Waals surface area (Å²) in [6.45, 7) is 1.75. The lowest BCUT2D eigenvalue weighted by Gasteiger charge is -2.13. The van der Waals surface area contributed by atoms with Crippen LogP contribution in [0.15, 0.2) is 53.5 Å². The SMILES string of the molecule is Cc1c[nH]c(=O)n1-c1ccccc1NC(=O)c1ccc([N+](=O)[O-])cc1Cl. The lowest BCUT2D eigenvalue weighted by Crippen LogP contribution is -2.19. The molecule has 3 aromatic rings. The molecule has 1 heterocycles. The summed E-state index contributed by atoms with van der Waals surface area (Å²) in [6, 6.07) is 10.4. The van der Waals surface area contributed by atoms with Crippen LogP contribution in [-0.4, -0.2) is 20.4 Å². The highest BCUT2D eigenvalue weighted by Crippen LogP contribution is 2.25. The third-order valence-electron chi connectivity index (χ3n) is 3.76. The van der Waals surface area contributed by atoms with Gasteiger partial charge in [-0.1, -0.05) is 23.7 Å². The van der Waals surface area contributed by atoms with Crippen LogP contribution in [-0.2, 0) is 0 Å². The minimum absolute atomic E-state index is 0.0378. The predicted octanol–water partition coefficient (Wildman–Crippen LogP) is 3.29. The Morgan fingerprint density at radius 2 is 2.00 bits per heavy atom. The van der Waals surface area contributed by atoms with Gasteiger partial charge in [-0.25, -0.2) is 4.79 Å². The number of anilines is 1. The van der Waals surface area contributed by atoms with E-state index in [1.807, 2.05) is 0 Å². The molecular formula is C17H13ClN4O4. The van der Waals surface area contributed by atoms with Crippen LogP contribution in [0, 0.1) is 17.0 Å². The van der Waals surface area contributed by atoms with Crippen molar-refractivity contribution in [1.29, 1.82) is 0 Å². The molecule has 132 valence electrons. The first-order chi connectivity index (χ1) is 12.4. The second kappa shape index (κ2) is 6.85. The van der Waals surface area contributed by atoms with E-state index in [1.165, 1.54) is 16.7 Å². The van der Waals surface area contributed by atoms with Gasteiger partial charge in [0.25, 0.3) is 11.6 Å². The summed E-state index contributed by atoms with van der Waals surface area (Å²) in [4.78, 5) is 37.3. The zero-order chi connectivity index (χ0) is 18.8. The van der Waals surface area contributed by atoms with E-state index in [-0.39, 0.29) is 22.0 Å². The Bertz CT molecular complexity index is 1070. The molecule has 0 atom stereocenters. The molecule has 26 heavy (non-hydrogen) atoms. The number of aromatic amines is 1. The summed E-state index contributed by atoms with van der Waals surface area (Å²) in [7, 11) is 0. The number of amides is 1. The van der Waals surface area contributed by atoms with Crippen LogP contribution >= 0.6 is 11.6 Å². The fraction of sp³-hybridized carbons (Fsp3) is 0.0588. The van der Waals surface area contributed by atoms with Crippen molar-refractivity contribution in [2.75, 3.05) is 5.32 Å². The molecule has 2 aromatic carbocycles. The number of halogens is 1. The quantitative estimate of drug-likeness (QED) is 0.540. The maximum Gasteiger partial charge on any atom is 0.330 e. The molecule has 1 amide bonds. The second-order valence-electron chi connectivity index (χ2n) is 5.46. The van der Waals surface area contributed by atoms with Gasteiger partial charge in [0.1, 0.15) is 0 Å². The molecule has 1 aromatic heterocycles. The number of non-ortho nitro benzene ring substituents is 1. The summed E-state index contributed by atoms with van der Waals surface area (Å²) in [5.41, 5.74) is 1.11. The lowest BCUT2D eigenvalue weighted by atomic mass is 10.1. The third kappa shape index (κ3) is 3.22. The fourth-order valence-electron chi connectivity index (χ4n) is 2.52. The van der Waals surface area contributed by atoms with E-state index in [1.54, 1.807) is 37.4 Å². The number of nitro benzene ring substituents is 1. The Balaban J connectivity index is 1.97. The summed E-state index contributed by atoms with van der Waals surface area (Å²) in [5.74, 6) is -0.543. The zero-order valence-electron chi connectivity index (χ0n) is 13.5. The number of rotatable bonds is 4. The van der Waals surface area contributed by atoms with Gasteiger partial charge in [0, 0.05) is 24.0 Å². The number of para-hydroxylation sites is 2. The Morgan fingerprint density at radius 1 is 1.27 bits per heavy atom. The molecule has 0 unspecified atom stereocenters. The van der Waals surface area contributed by atoms with E-state index in [2.05, 4.69) is 10.3 Å². The van der Waals surface area contributed by atoms with Crippen LogP contribution in [0.3, 0.4) is 0 Å². The molecule has 0 aliphatic carbocycles. The number of hydrogen-bond acceptors (Lipinski definition) is 4. The van der Waals surface area contributed by atoms with Gasteiger partial charge < -0.3 is 10.3 Å². The van der Waals surface area contributed by atoms with Gasteiger partial charge in [0.05, 0.1) is 26.9 Å². The standard InChI is InChI=1S/C17H13ClN4O4/c1-10-9-19-17(24)21(10)15-5-3-2-4-14(15)20-16(23)12-7-6-11(22(25)26)8-13(12)18/h2-9H,1H3,(H,19,24)(H,20,23). The van der Waals surface area contributed by atoms with E-state index >= 15 is 0 Å². The smallest absolute Gasteiger partial charge is 0.320 e. The molecular weight excluding hydrogens is 360 g/mol. The molecule has 0 aliphatic rings. The molecule has 0 bridgehead atoms. The molecule has 0 radical (unpaired) electrons. The van der Waals surface area contributed by atoms with Crippen LogP contribution in [0.5, 0.6) is 0 Å². The maximum atomic E-state index is 12.5. The predicted molar refractivity (Wildman–Crippen MR) is 97.2 cm³/mol. The number of aromatic nitrogens is 2. The number of nitrogens with one attached hydrogen (secondary N) is 2. The van der Waals surface area contributed by atoms with Crippen LogP contribution in [0.1, 0.15) is 16.1 Å². The Hall–Kier alpha value is -3.39. The average molecular weight is 373 g/mol. The van der Waals surface area contributed by atoms with Crippen molar-refractivity contribution in [3.8, 4) is 5.69 Å². The van der Waals surface area contributed by atoms with Gasteiger partial charge in [-0.3, -0.25) is 19.5 Å². The highest BCUT2D eigenvalue weighted by Gasteiger charge is 2.17. The number of nitro groups is 1. The number of H-pyrrole nitrogens is 1. The fourth-order valence-corrected chi connectivity index (χ4v) is 2.78. The van der Waals surface area contributed by atoms with Gasteiger partial charge in [-0.2, -0.15) is 0 Å². The minimum atomic E-state index is -0.593. The monoisotopic (exact) mass is 372 g/mol. The number of hydrogen-bond donors (Lipinski definition) is 2. The summed E-state index contributed by atoms with van der Waals surface area (Å²) < 4.78 is 1.42. The van der Waals surface area contributed by atoms with Crippen molar-refractivity contribution in [3.63, 3.8) is 0 Å². The Labute approximate surface area is 152 Å². The van der Waals surface area contributed by atoms with E-state index in [0.29, 0.717) is 17.1 Å². The molecule has 0 saturated carbocycles. The molecule has 0 fully saturated rings. The molecule has 3 rings (SSSR count). The van der Waals surface area contributed by atoms with Crippen molar-refractivity contribution in [3.05, 3.63) is 85.5 Å². The van der Waals surface area contributed by atoms with Crippen molar-refractivity contribution in [2.45, 2.75) is 6.92 Å². The van der Waals surface area contributed by atoms with Gasteiger partial charge >= 0.3 is 5.69 Å². The van der Waals surface area contributed by atoms with Gasteiger partial charge in [0.2, 0.25) is 0 Å². The first-order valence-electron chi connectivity index (χ1n) is 7.50. The van der Waals surface area contributed by atoms with Gasteiger partial charge in [-0.05, 0) is 25.1 Å². The number of carbonyl (C=O) groups excluding carboxylic acids is 1. The number of nitrogens with zero attached hydrogens (tertiary/aromatic N) is 2. The number of aryl methyl sites for hydroxylation is 1. The molecule has 9 heteroatoms. The first kappa shape index (κ1) is 17.4. The molecule has 2 N–H and O–H groups in total. The van der Waals surface area contributed by atoms with Crippen molar-refractivity contribution in [1.82, 2.24) is 9.55 Å². The minimum Gasteiger partial charge on any atom is -0.320 e. The molecule has 0 aliphatic heterocycles. The van der Waals surface area contributed by atoms with Crippen LogP contribution in [0.4, 0.5) is 11.4 Å². The van der Waals surface area contributed by atoms with E-state index in [4.69, 9.17) is 11.6 Å². The average Bonchev–Trinajstić information content (AvgIpc) is 2.93. The summed E-state index contributed by atoms with van der Waals surface area (Å²) in [5, 5.41) is 13.4. The summed E-state index contributed by atoms with van der Waals surface area (Å²) >= 11 is 6.00. The highest BCUT2D eigenvalue weighted by atomic mass is 35.5. The van der Waals surface area contributed by atoms with Gasteiger partial charge in [0.15, 0.2) is 0 Å². The van der Waals surface area contributed by atoms with Crippen LogP contribution < -0.4 is 11.0 Å². The third-order valence-corrected chi connectivity index (χ3v) is 4.07. The van der Waals surface area contributed by atoms with E-state index in [9.17, 15) is 19.7 Å². The number of imidazole rings is 1.